The van der Waals surface area contributed by atoms with Crippen LogP contribution in [0, 0.1) is 0 Å². The molecule has 0 aliphatic rings. The Hall–Kier alpha value is -2.66. The van der Waals surface area contributed by atoms with E-state index >= 15 is 0 Å². The second kappa shape index (κ2) is 9.51. The molecule has 0 bridgehead atoms. The van der Waals surface area contributed by atoms with Crippen molar-refractivity contribution in [2.45, 2.75) is 0 Å². The Morgan fingerprint density at radius 3 is 1.32 bits per heavy atom. The Kier molecular flexibility index (Phi) is 6.35. The van der Waals surface area contributed by atoms with E-state index in [1.807, 2.05) is 30.5 Å². The predicted molar refractivity (Wildman–Crippen MR) is 121 cm³/mol. The summed E-state index contributed by atoms with van der Waals surface area (Å²) in [6.07, 6.45) is 1.82. The molecule has 28 heavy (non-hydrogen) atoms. The number of rotatable bonds is 3. The first-order valence-corrected chi connectivity index (χ1v) is 15.2. The van der Waals surface area contributed by atoms with Gasteiger partial charge in [0.2, 0.25) is 0 Å². The van der Waals surface area contributed by atoms with Crippen LogP contribution in [0.1, 0.15) is 0 Å². The molecular weight excluding hydrogens is 533 g/mol. The van der Waals surface area contributed by atoms with Crippen molar-refractivity contribution in [2.75, 3.05) is 0 Å². The molecular formula is C26H21NPb-. The van der Waals surface area contributed by atoms with Crippen LogP contribution in [0.3, 0.4) is 0 Å². The molecule has 1 aromatic heterocycles. The summed E-state index contributed by atoms with van der Waals surface area (Å²) >= 11 is -2.17. The van der Waals surface area contributed by atoms with Crippen molar-refractivity contribution in [2.24, 2.45) is 0 Å². The number of benzene rings is 4. The van der Waals surface area contributed by atoms with Crippen LogP contribution in [0.5, 0.6) is 0 Å². The number of para-hydroxylation sites is 1. The van der Waals surface area contributed by atoms with Gasteiger partial charge in [-0.1, -0.05) is 30.3 Å². The van der Waals surface area contributed by atoms with Gasteiger partial charge < -0.3 is 4.98 Å². The fraction of sp³-hybridized carbons (Fsp3) is 0. The van der Waals surface area contributed by atoms with Crippen LogP contribution in [0.25, 0.3) is 10.9 Å². The molecule has 5 aromatic rings. The minimum atomic E-state index is -2.17. The minimum absolute atomic E-state index is 1.08. The van der Waals surface area contributed by atoms with E-state index in [1.165, 1.54) is 5.39 Å². The average Bonchev–Trinajstić information content (AvgIpc) is 3.26. The van der Waals surface area contributed by atoms with Gasteiger partial charge in [-0.15, -0.1) is 5.52 Å². The second-order valence-corrected chi connectivity index (χ2v) is 16.1. The van der Waals surface area contributed by atoms with Crippen LogP contribution in [-0.4, -0.2) is 22.7 Å². The summed E-state index contributed by atoms with van der Waals surface area (Å²) in [7, 11) is 0. The summed E-state index contributed by atoms with van der Waals surface area (Å²) in [5.74, 6) is 0. The van der Waals surface area contributed by atoms with Crippen LogP contribution < -0.4 is 14.4 Å². The van der Waals surface area contributed by atoms with E-state index in [1.54, 1.807) is 9.37 Å². The second-order valence-electron chi connectivity index (χ2n) is 6.48. The van der Waals surface area contributed by atoms with E-state index in [9.17, 15) is 0 Å². The number of hydrogen-bond donors (Lipinski definition) is 0. The van der Waals surface area contributed by atoms with Crippen LogP contribution in [0.4, 0.5) is 0 Å². The molecule has 0 unspecified atom stereocenters. The van der Waals surface area contributed by atoms with Gasteiger partial charge in [0.1, 0.15) is 0 Å². The summed E-state index contributed by atoms with van der Waals surface area (Å²) < 4.78 is 4.64. The van der Waals surface area contributed by atoms with Crippen molar-refractivity contribution in [1.29, 1.82) is 0 Å². The summed E-state index contributed by atoms with van der Waals surface area (Å²) in [6, 6.07) is 43.1. The first kappa shape index (κ1) is 18.7. The third kappa shape index (κ3) is 4.60. The molecule has 135 valence electrons. The van der Waals surface area contributed by atoms with Crippen molar-refractivity contribution in [3.8, 4) is 0 Å². The van der Waals surface area contributed by atoms with E-state index in [2.05, 4.69) is 102 Å². The molecule has 5 rings (SSSR count). The quantitative estimate of drug-likeness (QED) is 0.308. The number of nitrogens with zero attached hydrogens (tertiary/aromatic N) is 1. The fourth-order valence-corrected chi connectivity index (χ4v) is 13.3. The van der Waals surface area contributed by atoms with Crippen LogP contribution >= 0.6 is 0 Å². The largest absolute Gasteiger partial charge is 0.664 e. The van der Waals surface area contributed by atoms with Crippen molar-refractivity contribution in [1.82, 2.24) is 4.98 Å². The third-order valence-corrected chi connectivity index (χ3v) is 15.2. The third-order valence-electron chi connectivity index (χ3n) is 4.59. The summed E-state index contributed by atoms with van der Waals surface area (Å²) in [5, 5.41) is 1.22. The van der Waals surface area contributed by atoms with Crippen LogP contribution in [-0.2, 0) is 0 Å². The molecule has 0 amide bonds. The first-order valence-electron chi connectivity index (χ1n) is 9.41. The van der Waals surface area contributed by atoms with Crippen molar-refractivity contribution >= 4 is 43.0 Å². The van der Waals surface area contributed by atoms with Crippen molar-refractivity contribution in [3.05, 3.63) is 128 Å². The number of aromatic nitrogens is 1. The monoisotopic (exact) mass is 555 g/mol. The number of fused-ring (bicyclic) bond motifs is 1. The zero-order chi connectivity index (χ0) is 19.0. The number of hydrogen-bond acceptors (Lipinski definition) is 0. The van der Waals surface area contributed by atoms with E-state index < -0.39 is 22.7 Å². The van der Waals surface area contributed by atoms with Crippen molar-refractivity contribution < 1.29 is 0 Å². The summed E-state index contributed by atoms with van der Waals surface area (Å²) in [5.41, 5.74) is 1.08. The van der Waals surface area contributed by atoms with Gasteiger partial charge in [-0.05, 0) is 5.39 Å². The zero-order valence-corrected chi connectivity index (χ0v) is 19.5. The minimum Gasteiger partial charge on any atom is -0.664 e. The zero-order valence-electron chi connectivity index (χ0n) is 15.6. The molecule has 0 saturated carbocycles. The first-order chi connectivity index (χ1) is 13.9. The van der Waals surface area contributed by atoms with Crippen molar-refractivity contribution in [3.63, 3.8) is 0 Å². The Bertz CT molecular complexity index is 978. The molecule has 0 fully saturated rings. The van der Waals surface area contributed by atoms with Gasteiger partial charge in [-0.25, -0.2) is 0 Å². The molecule has 2 heteroatoms. The van der Waals surface area contributed by atoms with E-state index in [4.69, 9.17) is 0 Å². The maximum atomic E-state index is 4.12. The Balaban J connectivity index is 0.000000177. The Morgan fingerprint density at radius 2 is 0.857 bits per heavy atom. The van der Waals surface area contributed by atoms with Gasteiger partial charge in [0, 0.05) is 0 Å². The van der Waals surface area contributed by atoms with Crippen LogP contribution in [0.15, 0.2) is 128 Å². The van der Waals surface area contributed by atoms with Gasteiger partial charge in [0.15, 0.2) is 0 Å². The van der Waals surface area contributed by atoms with E-state index in [0.29, 0.717) is 0 Å². The Morgan fingerprint density at radius 1 is 0.429 bits per heavy atom. The molecule has 0 spiro atoms. The van der Waals surface area contributed by atoms with Gasteiger partial charge in [-0.2, -0.15) is 6.20 Å². The molecule has 0 aliphatic carbocycles. The van der Waals surface area contributed by atoms with Gasteiger partial charge >= 0.3 is 123 Å². The molecule has 1 nitrogen and oxygen atoms in total. The predicted octanol–water partition coefficient (Wildman–Crippen LogP) is 4.00. The Labute approximate surface area is 174 Å². The maximum absolute atomic E-state index is 4.12. The summed E-state index contributed by atoms with van der Waals surface area (Å²) in [4.78, 5) is 4.12. The van der Waals surface area contributed by atoms with E-state index in [0.717, 1.165) is 5.52 Å². The molecule has 0 atom stereocenters. The fourth-order valence-electron chi connectivity index (χ4n) is 3.26. The molecule has 0 saturated heterocycles. The van der Waals surface area contributed by atoms with Gasteiger partial charge in [0.05, 0.1) is 0 Å². The molecule has 1 radical (unpaired) electrons. The molecule has 0 N–H and O–H groups in total. The smallest absolute Gasteiger partial charge is 0.0422 e. The van der Waals surface area contributed by atoms with Gasteiger partial charge in [-0.3, -0.25) is 0 Å². The standard InChI is InChI=1S/C8H6N.3C6H5.Pb/c1-2-4-8-7(3-1)5-6-9-8;3*1-2-4-6-5-3-1;/h1-6H;3*1-5H;/q-1;;;;. The molecule has 4 aromatic carbocycles. The molecule has 0 aliphatic heterocycles. The average molecular weight is 555 g/mol. The normalized spacial score (nSPS) is 10.5. The maximum Gasteiger partial charge on any atom is -0.0422 e. The van der Waals surface area contributed by atoms with E-state index in [-0.39, 0.29) is 0 Å². The molecule has 1 heterocycles. The van der Waals surface area contributed by atoms with Crippen LogP contribution in [0.2, 0.25) is 0 Å². The SMILES string of the molecule is c1cc[c]([Pb]([c]2ccccc2)[c]2ccccc2)cc1.c1ccc2[n-]ccc2c1. The topological polar surface area (TPSA) is 14.1 Å². The summed E-state index contributed by atoms with van der Waals surface area (Å²) in [6.45, 7) is 0. The van der Waals surface area contributed by atoms with Gasteiger partial charge in [0.25, 0.3) is 0 Å².